The van der Waals surface area contributed by atoms with Crippen LogP contribution in [0.2, 0.25) is 0 Å². The van der Waals surface area contributed by atoms with Gasteiger partial charge in [-0.1, -0.05) is 0 Å². The molecule has 2 nitrogen and oxygen atoms in total. The molecule has 0 radical (unpaired) electrons. The molecule has 0 fully saturated rings. The number of halogens is 1. The van der Waals surface area contributed by atoms with Crippen LogP contribution in [0.4, 0.5) is 5.69 Å². The monoisotopic (exact) mass is 290 g/mol. The van der Waals surface area contributed by atoms with Crippen LogP contribution in [0.5, 0.6) is 0 Å². The van der Waals surface area contributed by atoms with E-state index in [9.17, 15) is 0 Å². The van der Waals surface area contributed by atoms with E-state index in [0.717, 1.165) is 25.9 Å². The highest BCUT2D eigenvalue weighted by Gasteiger charge is 1.90. The summed E-state index contributed by atoms with van der Waals surface area (Å²) in [6.07, 6.45) is 2.24. The molecule has 0 saturated carbocycles. The molecule has 72 valence electrons. The SMILES string of the molecule is NCCCCNc1ccc(I)cc1. The number of hydrogen-bond acceptors (Lipinski definition) is 2. The molecule has 0 heterocycles. The average Bonchev–Trinajstić information content (AvgIpc) is 2.15. The number of rotatable bonds is 5. The second-order valence-electron chi connectivity index (χ2n) is 2.93. The lowest BCUT2D eigenvalue weighted by Crippen LogP contribution is -2.05. The fraction of sp³-hybridized carbons (Fsp3) is 0.400. The van der Waals surface area contributed by atoms with Crippen molar-refractivity contribution < 1.29 is 0 Å². The summed E-state index contributed by atoms with van der Waals surface area (Å²) in [4.78, 5) is 0. The molecule has 13 heavy (non-hydrogen) atoms. The van der Waals surface area contributed by atoms with E-state index in [1.807, 2.05) is 0 Å². The minimum Gasteiger partial charge on any atom is -0.385 e. The summed E-state index contributed by atoms with van der Waals surface area (Å²) < 4.78 is 1.27. The molecule has 0 aliphatic rings. The minimum absolute atomic E-state index is 0.786. The Labute approximate surface area is 93.0 Å². The zero-order valence-electron chi connectivity index (χ0n) is 7.59. The molecule has 0 bridgehead atoms. The maximum absolute atomic E-state index is 5.40. The Morgan fingerprint density at radius 2 is 1.85 bits per heavy atom. The Balaban J connectivity index is 2.25. The lowest BCUT2D eigenvalue weighted by atomic mass is 10.3. The highest BCUT2D eigenvalue weighted by Crippen LogP contribution is 2.10. The Morgan fingerprint density at radius 3 is 2.46 bits per heavy atom. The van der Waals surface area contributed by atoms with E-state index in [1.54, 1.807) is 0 Å². The first kappa shape index (κ1) is 10.8. The Kier molecular flexibility index (Phi) is 5.15. The van der Waals surface area contributed by atoms with E-state index in [2.05, 4.69) is 52.2 Å². The Morgan fingerprint density at radius 1 is 1.15 bits per heavy atom. The van der Waals surface area contributed by atoms with Gasteiger partial charge in [-0.2, -0.15) is 0 Å². The van der Waals surface area contributed by atoms with Crippen LogP contribution in [0.25, 0.3) is 0 Å². The molecular weight excluding hydrogens is 275 g/mol. The van der Waals surface area contributed by atoms with Crippen LogP contribution >= 0.6 is 22.6 Å². The normalized spacial score (nSPS) is 10.0. The van der Waals surface area contributed by atoms with E-state index in [0.29, 0.717) is 0 Å². The van der Waals surface area contributed by atoms with Crippen LogP contribution < -0.4 is 11.1 Å². The summed E-state index contributed by atoms with van der Waals surface area (Å²) in [5, 5.41) is 3.35. The van der Waals surface area contributed by atoms with Gasteiger partial charge in [-0.3, -0.25) is 0 Å². The van der Waals surface area contributed by atoms with Gasteiger partial charge < -0.3 is 11.1 Å². The number of nitrogens with one attached hydrogen (secondary N) is 1. The molecule has 3 N–H and O–H groups in total. The van der Waals surface area contributed by atoms with E-state index < -0.39 is 0 Å². The molecule has 0 unspecified atom stereocenters. The summed E-state index contributed by atoms with van der Waals surface area (Å²) >= 11 is 2.30. The first-order valence-corrected chi connectivity index (χ1v) is 5.60. The fourth-order valence-corrected chi connectivity index (χ4v) is 1.43. The molecule has 0 aliphatic carbocycles. The molecular formula is C10H15IN2. The van der Waals surface area contributed by atoms with Crippen LogP contribution in [0.15, 0.2) is 24.3 Å². The molecule has 0 aliphatic heterocycles. The Hall–Kier alpha value is -0.290. The molecule has 1 aromatic carbocycles. The third-order valence-corrected chi connectivity index (χ3v) is 2.52. The quantitative estimate of drug-likeness (QED) is 0.645. The molecule has 1 rings (SSSR count). The molecule has 0 spiro atoms. The van der Waals surface area contributed by atoms with Crippen LogP contribution in [-0.2, 0) is 0 Å². The van der Waals surface area contributed by atoms with Crippen LogP contribution in [0.3, 0.4) is 0 Å². The van der Waals surface area contributed by atoms with E-state index in [4.69, 9.17) is 5.73 Å². The molecule has 3 heteroatoms. The van der Waals surface area contributed by atoms with E-state index in [1.165, 1.54) is 9.26 Å². The molecule has 0 amide bonds. The summed E-state index contributed by atoms with van der Waals surface area (Å²) in [6.45, 7) is 1.80. The number of benzene rings is 1. The third-order valence-electron chi connectivity index (χ3n) is 1.80. The van der Waals surface area contributed by atoms with Crippen molar-refractivity contribution in [2.45, 2.75) is 12.8 Å². The second kappa shape index (κ2) is 6.21. The smallest absolute Gasteiger partial charge is 0.0340 e. The van der Waals surface area contributed by atoms with Crippen molar-refractivity contribution in [3.63, 3.8) is 0 Å². The zero-order chi connectivity index (χ0) is 9.52. The lowest BCUT2D eigenvalue weighted by Gasteiger charge is -2.05. The predicted octanol–water partition coefficient (Wildman–Crippen LogP) is 2.44. The van der Waals surface area contributed by atoms with Gasteiger partial charge in [-0.25, -0.2) is 0 Å². The van der Waals surface area contributed by atoms with Crippen molar-refractivity contribution in [1.29, 1.82) is 0 Å². The largest absolute Gasteiger partial charge is 0.385 e. The van der Waals surface area contributed by atoms with Gasteiger partial charge in [0, 0.05) is 15.8 Å². The van der Waals surface area contributed by atoms with E-state index in [-0.39, 0.29) is 0 Å². The molecule has 0 saturated heterocycles. The standard InChI is InChI=1S/C10H15IN2/c11-9-3-5-10(6-4-9)13-8-2-1-7-12/h3-6,13H,1-2,7-8,12H2. The number of anilines is 1. The van der Waals surface area contributed by atoms with Gasteiger partial charge in [-0.05, 0) is 66.2 Å². The first-order valence-electron chi connectivity index (χ1n) is 4.52. The average molecular weight is 290 g/mol. The number of nitrogens with two attached hydrogens (primary N) is 1. The van der Waals surface area contributed by atoms with Gasteiger partial charge >= 0.3 is 0 Å². The van der Waals surface area contributed by atoms with Crippen molar-refractivity contribution in [2.24, 2.45) is 5.73 Å². The van der Waals surface area contributed by atoms with Gasteiger partial charge in [0.15, 0.2) is 0 Å². The van der Waals surface area contributed by atoms with Crippen LogP contribution in [0, 0.1) is 3.57 Å². The minimum atomic E-state index is 0.786. The van der Waals surface area contributed by atoms with E-state index >= 15 is 0 Å². The fourth-order valence-electron chi connectivity index (χ4n) is 1.07. The van der Waals surface area contributed by atoms with Gasteiger partial charge in [0.05, 0.1) is 0 Å². The molecule has 1 aromatic rings. The number of hydrogen-bond donors (Lipinski definition) is 2. The summed E-state index contributed by atoms with van der Waals surface area (Å²) in [7, 11) is 0. The summed E-state index contributed by atoms with van der Waals surface area (Å²) in [5.74, 6) is 0. The third kappa shape index (κ3) is 4.47. The summed E-state index contributed by atoms with van der Waals surface area (Å²) in [5.41, 5.74) is 6.59. The molecule has 0 atom stereocenters. The van der Waals surface area contributed by atoms with Crippen LogP contribution in [0.1, 0.15) is 12.8 Å². The summed E-state index contributed by atoms with van der Waals surface area (Å²) in [6, 6.07) is 8.41. The second-order valence-corrected chi connectivity index (χ2v) is 4.18. The van der Waals surface area contributed by atoms with Crippen molar-refractivity contribution in [3.05, 3.63) is 27.8 Å². The maximum atomic E-state index is 5.40. The highest BCUT2D eigenvalue weighted by molar-refractivity contribution is 14.1. The predicted molar refractivity (Wildman–Crippen MR) is 65.9 cm³/mol. The lowest BCUT2D eigenvalue weighted by molar-refractivity contribution is 0.774. The number of unbranched alkanes of at least 4 members (excludes halogenated alkanes) is 1. The van der Waals surface area contributed by atoms with Crippen molar-refractivity contribution in [2.75, 3.05) is 18.4 Å². The van der Waals surface area contributed by atoms with Crippen molar-refractivity contribution >= 4 is 28.3 Å². The first-order chi connectivity index (χ1) is 6.33. The van der Waals surface area contributed by atoms with Gasteiger partial charge in [0.1, 0.15) is 0 Å². The Bertz CT molecular complexity index is 233. The van der Waals surface area contributed by atoms with Gasteiger partial charge in [0.25, 0.3) is 0 Å². The van der Waals surface area contributed by atoms with Crippen molar-refractivity contribution in [1.82, 2.24) is 0 Å². The van der Waals surface area contributed by atoms with Gasteiger partial charge in [0.2, 0.25) is 0 Å². The van der Waals surface area contributed by atoms with Gasteiger partial charge in [-0.15, -0.1) is 0 Å². The zero-order valence-corrected chi connectivity index (χ0v) is 9.75. The maximum Gasteiger partial charge on any atom is 0.0340 e. The van der Waals surface area contributed by atoms with Crippen molar-refractivity contribution in [3.8, 4) is 0 Å². The topological polar surface area (TPSA) is 38.0 Å². The van der Waals surface area contributed by atoms with Crippen LogP contribution in [-0.4, -0.2) is 13.1 Å². The highest BCUT2D eigenvalue weighted by atomic mass is 127. The molecule has 0 aromatic heterocycles.